The van der Waals surface area contributed by atoms with Crippen molar-refractivity contribution in [2.24, 2.45) is 5.73 Å². The Labute approximate surface area is 101 Å². The third-order valence-electron chi connectivity index (χ3n) is 1.68. The third-order valence-corrected chi connectivity index (χ3v) is 2.21. The molecule has 0 unspecified atom stereocenters. The van der Waals surface area contributed by atoms with Crippen molar-refractivity contribution >= 4 is 27.7 Å². The van der Waals surface area contributed by atoms with Crippen molar-refractivity contribution in [2.45, 2.75) is 6.42 Å². The molecule has 3 N–H and O–H groups in total. The predicted molar refractivity (Wildman–Crippen MR) is 61.1 cm³/mol. The van der Waals surface area contributed by atoms with Gasteiger partial charge in [0.1, 0.15) is 0 Å². The van der Waals surface area contributed by atoms with E-state index >= 15 is 0 Å². The molecule has 0 aromatic heterocycles. The van der Waals surface area contributed by atoms with Crippen molar-refractivity contribution in [3.63, 3.8) is 0 Å². The summed E-state index contributed by atoms with van der Waals surface area (Å²) in [5.41, 5.74) is 7.80. The number of nitrogens with one attached hydrogen (secondary N) is 1. The number of rotatable bonds is 5. The summed E-state index contributed by atoms with van der Waals surface area (Å²) in [6, 6.07) is 7.31. The zero-order chi connectivity index (χ0) is 12.0. The second-order valence-corrected chi connectivity index (χ2v) is 4.00. The molecule has 0 heterocycles. The van der Waals surface area contributed by atoms with E-state index in [1.165, 1.54) is 0 Å². The van der Waals surface area contributed by atoms with Crippen LogP contribution in [0.3, 0.4) is 0 Å². The summed E-state index contributed by atoms with van der Waals surface area (Å²) in [6.45, 7) is -0.327. The van der Waals surface area contributed by atoms with Crippen LogP contribution in [-0.2, 0) is 20.8 Å². The van der Waals surface area contributed by atoms with E-state index in [0.717, 1.165) is 10.0 Å². The molecule has 1 aromatic carbocycles. The van der Waals surface area contributed by atoms with Crippen molar-refractivity contribution in [3.05, 3.63) is 34.3 Å². The number of primary amides is 1. The Morgan fingerprint density at radius 2 is 1.94 bits per heavy atom. The maximum absolute atomic E-state index is 11.3. The largest absolute Gasteiger partial charge is 0.368 e. The van der Waals surface area contributed by atoms with Gasteiger partial charge >= 0.3 is 0 Å². The van der Waals surface area contributed by atoms with Crippen molar-refractivity contribution in [3.8, 4) is 0 Å². The molecule has 0 aliphatic heterocycles. The lowest BCUT2D eigenvalue weighted by Crippen LogP contribution is -2.30. The summed E-state index contributed by atoms with van der Waals surface area (Å²) < 4.78 is 0.946. The van der Waals surface area contributed by atoms with Crippen molar-refractivity contribution in [1.29, 1.82) is 0 Å². The van der Waals surface area contributed by atoms with Crippen molar-refractivity contribution in [1.82, 2.24) is 5.48 Å². The molecular weight excluding hydrogens is 276 g/mol. The van der Waals surface area contributed by atoms with Crippen LogP contribution in [0.15, 0.2) is 28.7 Å². The molecule has 0 saturated carbocycles. The fraction of sp³-hybridized carbons (Fsp3) is 0.200. The quantitative estimate of drug-likeness (QED) is 0.775. The summed E-state index contributed by atoms with van der Waals surface area (Å²) in [7, 11) is 0. The van der Waals surface area contributed by atoms with Crippen LogP contribution in [0, 0.1) is 0 Å². The van der Waals surface area contributed by atoms with Gasteiger partial charge in [-0.05, 0) is 17.7 Å². The fourth-order valence-electron chi connectivity index (χ4n) is 1.01. The molecule has 0 atom stereocenters. The highest BCUT2D eigenvalue weighted by atomic mass is 79.9. The van der Waals surface area contributed by atoms with Gasteiger partial charge in [0.2, 0.25) is 11.8 Å². The summed E-state index contributed by atoms with van der Waals surface area (Å²) in [4.78, 5) is 26.2. The predicted octanol–water partition coefficient (Wildman–Crippen LogP) is 0.525. The van der Waals surface area contributed by atoms with Gasteiger partial charge in [0.05, 0.1) is 6.42 Å². The van der Waals surface area contributed by atoms with E-state index in [4.69, 9.17) is 5.73 Å². The van der Waals surface area contributed by atoms with E-state index in [1.807, 2.05) is 24.3 Å². The molecule has 1 rings (SSSR count). The first-order valence-electron chi connectivity index (χ1n) is 4.51. The lowest BCUT2D eigenvalue weighted by atomic mass is 10.1. The van der Waals surface area contributed by atoms with Crippen LogP contribution in [-0.4, -0.2) is 18.4 Å². The molecule has 2 amide bonds. The zero-order valence-electron chi connectivity index (χ0n) is 8.40. The minimum absolute atomic E-state index is 0.187. The molecule has 6 heteroatoms. The van der Waals surface area contributed by atoms with E-state index < -0.39 is 5.91 Å². The van der Waals surface area contributed by atoms with Gasteiger partial charge in [-0.1, -0.05) is 28.1 Å². The molecule has 5 nitrogen and oxygen atoms in total. The van der Waals surface area contributed by atoms with E-state index in [0.29, 0.717) is 0 Å². The Morgan fingerprint density at radius 1 is 1.31 bits per heavy atom. The highest BCUT2D eigenvalue weighted by molar-refractivity contribution is 9.10. The van der Waals surface area contributed by atoms with Crippen LogP contribution in [0.1, 0.15) is 5.56 Å². The molecule has 0 fully saturated rings. The first-order chi connectivity index (χ1) is 7.58. The lowest BCUT2D eigenvalue weighted by molar-refractivity contribution is -0.137. The van der Waals surface area contributed by atoms with Crippen LogP contribution in [0.2, 0.25) is 0 Å². The Bertz CT molecular complexity index is 378. The number of carbonyl (C=O) groups excluding carboxylic acids is 2. The van der Waals surface area contributed by atoms with Gasteiger partial charge in [-0.2, -0.15) is 0 Å². The number of amides is 2. The molecule has 0 bridgehead atoms. The number of carbonyl (C=O) groups is 2. The SMILES string of the molecule is NC(=O)CONC(=O)Cc1ccc(Br)cc1. The zero-order valence-corrected chi connectivity index (χ0v) is 9.99. The molecule has 0 aliphatic carbocycles. The van der Waals surface area contributed by atoms with E-state index in [2.05, 4.69) is 26.2 Å². The minimum atomic E-state index is -0.635. The fourth-order valence-corrected chi connectivity index (χ4v) is 1.28. The second kappa shape index (κ2) is 6.24. The normalized spacial score (nSPS) is 9.81. The minimum Gasteiger partial charge on any atom is -0.368 e. The number of hydrogen-bond donors (Lipinski definition) is 2. The summed E-state index contributed by atoms with van der Waals surface area (Å²) in [6.07, 6.45) is 0.187. The van der Waals surface area contributed by atoms with Gasteiger partial charge in [0.15, 0.2) is 6.61 Å². The van der Waals surface area contributed by atoms with Crippen LogP contribution >= 0.6 is 15.9 Å². The molecule has 0 spiro atoms. The Morgan fingerprint density at radius 3 is 2.50 bits per heavy atom. The summed E-state index contributed by atoms with van der Waals surface area (Å²) >= 11 is 3.29. The van der Waals surface area contributed by atoms with Crippen LogP contribution in [0.4, 0.5) is 0 Å². The molecule has 86 valence electrons. The van der Waals surface area contributed by atoms with Gasteiger partial charge in [-0.25, -0.2) is 5.48 Å². The average molecular weight is 287 g/mol. The summed E-state index contributed by atoms with van der Waals surface area (Å²) in [5, 5.41) is 0. The monoisotopic (exact) mass is 286 g/mol. The first kappa shape index (κ1) is 12.7. The van der Waals surface area contributed by atoms with Crippen LogP contribution in [0.5, 0.6) is 0 Å². The standard InChI is InChI=1S/C10H11BrN2O3/c11-8-3-1-7(2-4-8)5-10(15)13-16-6-9(12)14/h1-4H,5-6H2,(H2,12,14)(H,13,15). The lowest BCUT2D eigenvalue weighted by Gasteiger charge is -2.04. The Balaban J connectivity index is 2.34. The van der Waals surface area contributed by atoms with E-state index in [9.17, 15) is 9.59 Å². The van der Waals surface area contributed by atoms with Crippen molar-refractivity contribution in [2.75, 3.05) is 6.61 Å². The van der Waals surface area contributed by atoms with E-state index in [1.54, 1.807) is 0 Å². The molecule has 16 heavy (non-hydrogen) atoms. The van der Waals surface area contributed by atoms with Gasteiger partial charge < -0.3 is 5.73 Å². The molecular formula is C10H11BrN2O3. The molecule has 0 radical (unpaired) electrons. The first-order valence-corrected chi connectivity index (χ1v) is 5.30. The summed E-state index contributed by atoms with van der Waals surface area (Å²) in [5.74, 6) is -0.965. The van der Waals surface area contributed by atoms with Crippen molar-refractivity contribution < 1.29 is 14.4 Å². The smallest absolute Gasteiger partial charge is 0.247 e. The third kappa shape index (κ3) is 4.90. The Hall–Kier alpha value is -1.40. The second-order valence-electron chi connectivity index (χ2n) is 3.08. The maximum Gasteiger partial charge on any atom is 0.247 e. The highest BCUT2D eigenvalue weighted by Crippen LogP contribution is 2.10. The highest BCUT2D eigenvalue weighted by Gasteiger charge is 2.03. The number of nitrogens with two attached hydrogens (primary N) is 1. The molecule has 0 aliphatic rings. The van der Waals surface area contributed by atoms with Crippen LogP contribution in [0.25, 0.3) is 0 Å². The van der Waals surface area contributed by atoms with Crippen LogP contribution < -0.4 is 11.2 Å². The molecule has 0 saturated heterocycles. The van der Waals surface area contributed by atoms with Gasteiger partial charge in [0, 0.05) is 4.47 Å². The van der Waals surface area contributed by atoms with Gasteiger partial charge in [-0.3, -0.25) is 14.4 Å². The van der Waals surface area contributed by atoms with Gasteiger partial charge in [0.25, 0.3) is 0 Å². The Kier molecular flexibility index (Phi) is 4.94. The molecule has 1 aromatic rings. The average Bonchev–Trinajstić information content (AvgIpc) is 2.21. The topological polar surface area (TPSA) is 81.4 Å². The number of benzene rings is 1. The maximum atomic E-state index is 11.3. The number of halogens is 1. The van der Waals surface area contributed by atoms with E-state index in [-0.39, 0.29) is 18.9 Å². The number of hydroxylamine groups is 1. The number of hydrogen-bond acceptors (Lipinski definition) is 3. The van der Waals surface area contributed by atoms with Gasteiger partial charge in [-0.15, -0.1) is 0 Å².